The van der Waals surface area contributed by atoms with E-state index in [1.165, 1.54) is 11.3 Å². The number of aromatic nitrogens is 1. The lowest BCUT2D eigenvalue weighted by Crippen LogP contribution is -2.31. The third-order valence-electron chi connectivity index (χ3n) is 4.67. The largest absolute Gasteiger partial charge is 0.494 e. The molecule has 9 nitrogen and oxygen atoms in total. The number of amides is 1. The molecule has 0 unspecified atom stereocenters. The Labute approximate surface area is 212 Å². The van der Waals surface area contributed by atoms with Crippen molar-refractivity contribution in [2.75, 3.05) is 17.2 Å². The number of thiocarbonyl (C=S) groups is 1. The lowest BCUT2D eigenvalue weighted by atomic mass is 10.1. The number of ether oxygens (including phenoxy) is 1. The fourth-order valence-corrected chi connectivity index (χ4v) is 3.97. The van der Waals surface area contributed by atoms with Gasteiger partial charge >= 0.3 is 0 Å². The van der Waals surface area contributed by atoms with Crippen LogP contribution < -0.4 is 26.5 Å². The molecule has 182 valence electrons. The molecule has 3 rings (SSSR count). The van der Waals surface area contributed by atoms with Crippen molar-refractivity contribution in [2.24, 2.45) is 10.8 Å². The summed E-state index contributed by atoms with van der Waals surface area (Å²) in [6.45, 7) is 6.17. The fraction of sp³-hybridized carbons (Fsp3) is 0.208. The summed E-state index contributed by atoms with van der Waals surface area (Å²) in [7, 11) is 0. The summed E-state index contributed by atoms with van der Waals surface area (Å²) < 4.78 is 5.41. The van der Waals surface area contributed by atoms with Gasteiger partial charge < -0.3 is 21.1 Å². The van der Waals surface area contributed by atoms with Gasteiger partial charge in [-0.25, -0.2) is 4.98 Å². The van der Waals surface area contributed by atoms with E-state index in [1.807, 2.05) is 38.1 Å². The van der Waals surface area contributed by atoms with E-state index < -0.39 is 5.91 Å². The molecule has 1 aromatic heterocycles. The van der Waals surface area contributed by atoms with E-state index in [9.17, 15) is 9.59 Å². The van der Waals surface area contributed by atoms with Crippen LogP contribution in [0.15, 0.2) is 53.6 Å². The zero-order valence-corrected chi connectivity index (χ0v) is 21.2. The van der Waals surface area contributed by atoms with Crippen molar-refractivity contribution in [3.8, 4) is 5.75 Å². The third-order valence-corrected chi connectivity index (χ3v) is 5.87. The number of benzene rings is 2. The normalized spacial score (nSPS) is 11.0. The zero-order chi connectivity index (χ0) is 25.4. The highest BCUT2D eigenvalue weighted by molar-refractivity contribution is 7.80. The first kappa shape index (κ1) is 25.8. The number of nitrogens with two attached hydrogens (primary N) is 1. The minimum atomic E-state index is -0.563. The summed E-state index contributed by atoms with van der Waals surface area (Å²) in [4.78, 5) is 30.8. The lowest BCUT2D eigenvalue weighted by Gasteiger charge is -2.09. The first-order valence-electron chi connectivity index (χ1n) is 10.8. The van der Waals surface area contributed by atoms with Gasteiger partial charge in [-0.15, -0.1) is 0 Å². The van der Waals surface area contributed by atoms with E-state index in [1.54, 1.807) is 31.2 Å². The maximum absolute atomic E-state index is 13.1. The van der Waals surface area contributed by atoms with Gasteiger partial charge in [0.2, 0.25) is 0 Å². The zero-order valence-electron chi connectivity index (χ0n) is 19.5. The monoisotopic (exact) mass is 510 g/mol. The van der Waals surface area contributed by atoms with Crippen LogP contribution in [-0.2, 0) is 4.79 Å². The minimum Gasteiger partial charge on any atom is -0.494 e. The maximum Gasteiger partial charge on any atom is 0.272 e. The Balaban J connectivity index is 1.73. The number of hydrogen-bond acceptors (Lipinski definition) is 8. The number of carbonyl (C=O) groups excluding carboxylic acids is 2. The van der Waals surface area contributed by atoms with Crippen LogP contribution in [0, 0.1) is 13.8 Å². The van der Waals surface area contributed by atoms with Gasteiger partial charge in [0, 0.05) is 11.4 Å². The highest BCUT2D eigenvalue weighted by Gasteiger charge is 2.22. The van der Waals surface area contributed by atoms with Gasteiger partial charge in [0.05, 0.1) is 23.6 Å². The Morgan fingerprint density at radius 3 is 2.37 bits per heavy atom. The Hall–Kier alpha value is -3.83. The number of Topliss-reactive ketones (excluding diaryl/α,β-unsaturated/α-hetero) is 1. The second-order valence-corrected chi connectivity index (χ2v) is 8.91. The molecule has 0 aliphatic heterocycles. The summed E-state index contributed by atoms with van der Waals surface area (Å²) in [5.41, 5.74) is 10.9. The van der Waals surface area contributed by atoms with Crippen LogP contribution in [0.1, 0.15) is 34.3 Å². The van der Waals surface area contributed by atoms with Gasteiger partial charge in [-0.05, 0) is 69.4 Å². The van der Waals surface area contributed by atoms with Crippen LogP contribution in [0.4, 0.5) is 16.5 Å². The Morgan fingerprint density at radius 2 is 1.74 bits per heavy atom. The quantitative estimate of drug-likeness (QED) is 0.137. The molecule has 0 aliphatic carbocycles. The first-order chi connectivity index (χ1) is 16.7. The number of thiazole rings is 1. The predicted molar refractivity (Wildman–Crippen MR) is 144 cm³/mol. The molecule has 1 heterocycles. The number of rotatable bonds is 10. The van der Waals surface area contributed by atoms with Gasteiger partial charge in [0.25, 0.3) is 5.91 Å². The van der Waals surface area contributed by atoms with Crippen LogP contribution in [0.3, 0.4) is 0 Å². The van der Waals surface area contributed by atoms with Crippen molar-refractivity contribution in [2.45, 2.75) is 27.2 Å². The first-order valence-corrected chi connectivity index (χ1v) is 12.0. The lowest BCUT2D eigenvalue weighted by molar-refractivity contribution is -0.110. The van der Waals surface area contributed by atoms with E-state index in [0.717, 1.165) is 11.3 Å². The molecule has 0 fully saturated rings. The molecule has 0 spiro atoms. The van der Waals surface area contributed by atoms with Crippen molar-refractivity contribution in [1.29, 1.82) is 0 Å². The maximum atomic E-state index is 13.1. The summed E-state index contributed by atoms with van der Waals surface area (Å²) in [5, 5.41) is 10.3. The molecule has 3 aromatic rings. The second-order valence-electron chi connectivity index (χ2n) is 7.47. The predicted octanol–water partition coefficient (Wildman–Crippen LogP) is 4.30. The number of ketones is 1. The van der Waals surface area contributed by atoms with Crippen molar-refractivity contribution in [3.05, 3.63) is 64.7 Å². The topological polar surface area (TPSA) is 131 Å². The van der Waals surface area contributed by atoms with Crippen molar-refractivity contribution >= 4 is 62.6 Å². The standard InChI is InChI=1S/C24H26N6O3S2/c1-4-33-18-11-9-16(10-12-18)27-22(32)19(29-30-23(25)34)13-20(31)21-15(3)26-24(35-21)28-17-7-5-14(2)6-8-17/h5-12H,4,13H2,1-3H3,(H,26,28)(H,27,32)(H3,25,30,34)/b29-19-. The van der Waals surface area contributed by atoms with Crippen molar-refractivity contribution in [1.82, 2.24) is 10.4 Å². The molecule has 11 heteroatoms. The van der Waals surface area contributed by atoms with Crippen LogP contribution in [0.5, 0.6) is 5.75 Å². The SMILES string of the molecule is CCOc1ccc(NC(=O)/C(CC(=O)c2sc(Nc3ccc(C)cc3)nc2C)=N\NC(N)=S)cc1. The summed E-state index contributed by atoms with van der Waals surface area (Å²) in [6.07, 6.45) is -0.272. The summed E-state index contributed by atoms with van der Waals surface area (Å²) in [5.74, 6) is -0.186. The number of hydrazone groups is 1. The van der Waals surface area contributed by atoms with E-state index in [2.05, 4.69) is 26.1 Å². The number of carbonyl (C=O) groups is 2. The third kappa shape index (κ3) is 7.59. The van der Waals surface area contributed by atoms with Crippen molar-refractivity contribution in [3.63, 3.8) is 0 Å². The van der Waals surface area contributed by atoms with Gasteiger partial charge in [-0.2, -0.15) is 5.10 Å². The molecule has 0 radical (unpaired) electrons. The summed E-state index contributed by atoms with van der Waals surface area (Å²) in [6, 6.07) is 14.7. The highest BCUT2D eigenvalue weighted by Crippen LogP contribution is 2.27. The number of aryl methyl sites for hydroxylation is 2. The average molecular weight is 511 g/mol. The molecule has 35 heavy (non-hydrogen) atoms. The summed E-state index contributed by atoms with van der Waals surface area (Å²) >= 11 is 6.00. The minimum absolute atomic E-state index is 0.0717. The smallest absolute Gasteiger partial charge is 0.272 e. The van der Waals surface area contributed by atoms with Crippen LogP contribution in [0.2, 0.25) is 0 Å². The van der Waals surface area contributed by atoms with Crippen molar-refractivity contribution < 1.29 is 14.3 Å². The molecule has 0 saturated carbocycles. The van der Waals surface area contributed by atoms with Gasteiger partial charge in [-0.1, -0.05) is 29.0 Å². The van der Waals surface area contributed by atoms with Crippen LogP contribution >= 0.6 is 23.6 Å². The molecular formula is C24H26N6O3S2. The molecule has 5 N–H and O–H groups in total. The molecule has 0 aliphatic rings. The highest BCUT2D eigenvalue weighted by atomic mass is 32.1. The van der Waals surface area contributed by atoms with E-state index in [4.69, 9.17) is 22.7 Å². The molecule has 0 bridgehead atoms. The second kappa shape index (κ2) is 12.0. The van der Waals surface area contributed by atoms with Crippen LogP contribution in [-0.4, -0.2) is 34.1 Å². The number of nitrogens with zero attached hydrogens (tertiary/aromatic N) is 2. The van der Waals surface area contributed by atoms with Crippen LogP contribution in [0.25, 0.3) is 0 Å². The Bertz CT molecular complexity index is 1240. The average Bonchev–Trinajstić information content (AvgIpc) is 3.19. The molecule has 2 aromatic carbocycles. The number of anilines is 3. The number of nitrogens with one attached hydrogen (secondary N) is 3. The molecule has 0 atom stereocenters. The Kier molecular flexibility index (Phi) is 8.87. The Morgan fingerprint density at radius 1 is 1.09 bits per heavy atom. The van der Waals surface area contributed by atoms with E-state index >= 15 is 0 Å². The molecular weight excluding hydrogens is 484 g/mol. The fourth-order valence-electron chi connectivity index (χ4n) is 3.00. The van der Waals surface area contributed by atoms with Gasteiger partial charge in [-0.3, -0.25) is 15.0 Å². The number of hydrogen-bond donors (Lipinski definition) is 4. The molecule has 0 saturated heterocycles. The van der Waals surface area contributed by atoms with E-state index in [0.29, 0.717) is 33.7 Å². The molecule has 1 amide bonds. The van der Waals surface area contributed by atoms with Gasteiger partial charge in [0.1, 0.15) is 11.5 Å². The van der Waals surface area contributed by atoms with E-state index in [-0.39, 0.29) is 23.0 Å². The van der Waals surface area contributed by atoms with Gasteiger partial charge in [0.15, 0.2) is 16.0 Å².